The molecule has 0 aliphatic carbocycles. The molecule has 0 unspecified atom stereocenters. The van der Waals surface area contributed by atoms with E-state index < -0.39 is 0 Å². The molecule has 0 amide bonds. The number of benzene rings is 1. The van der Waals surface area contributed by atoms with Crippen molar-refractivity contribution in [3.8, 4) is 0 Å². The molecule has 0 heterocycles. The molecule has 0 saturated heterocycles. The zero-order valence-electron chi connectivity index (χ0n) is 13.5. The fraction of sp³-hybridized carbons (Fsp3) is 0.600. The second-order valence-electron chi connectivity index (χ2n) is 5.44. The molecule has 5 heteroatoms. The predicted molar refractivity (Wildman–Crippen MR) is 80.8 cm³/mol. The summed E-state index contributed by atoms with van der Waals surface area (Å²) in [4.78, 5) is 13.5. The molecule has 0 atom stereocenters. The maximum absolute atomic E-state index is 11.3. The van der Waals surface area contributed by atoms with Crippen LogP contribution in [0.3, 0.4) is 0 Å². The molecule has 108 valence electrons. The quantitative estimate of drug-likeness (QED) is 0.451. The van der Waals surface area contributed by atoms with Crippen LogP contribution in [0.25, 0.3) is 0 Å². The van der Waals surface area contributed by atoms with Crippen molar-refractivity contribution in [1.82, 2.24) is 0 Å². The third-order valence-corrected chi connectivity index (χ3v) is 5.87. The summed E-state index contributed by atoms with van der Waals surface area (Å²) in [5, 5.41) is 11.3. The SMILES string of the molecule is CCCN(C[CH2][RaH])c1c(C)c(C)c([N+](=O)[O-])c(C)c1C. The van der Waals surface area contributed by atoms with Gasteiger partial charge in [-0.2, -0.15) is 0 Å². The van der Waals surface area contributed by atoms with Gasteiger partial charge < -0.3 is 0 Å². The Hall–Kier alpha value is -0.112. The molecule has 0 aromatic heterocycles. The Kier molecular flexibility index (Phi) is 6.97. The molecule has 0 spiro atoms. The minimum atomic E-state index is -0.240. The van der Waals surface area contributed by atoms with E-state index in [0.29, 0.717) is 42.8 Å². The van der Waals surface area contributed by atoms with Crippen molar-refractivity contribution in [2.45, 2.75) is 42.5 Å². The second-order valence-corrected chi connectivity index (χ2v) is 9.55. The summed E-state index contributed by atoms with van der Waals surface area (Å²) in [5.74, 6) is 0. The zero-order valence-corrected chi connectivity index (χ0v) is 21.8. The zero-order chi connectivity index (χ0) is 15.4. The fourth-order valence-electron chi connectivity index (χ4n) is 2.90. The molecule has 0 aliphatic heterocycles. The number of hydrogen-bond donors (Lipinski definition) is 0. The Morgan fingerprint density at radius 2 is 1.55 bits per heavy atom. The van der Waals surface area contributed by atoms with Gasteiger partial charge in [-0.3, -0.25) is 0 Å². The summed E-state index contributed by atoms with van der Waals surface area (Å²) >= 11 is 0.541. The van der Waals surface area contributed by atoms with Crippen molar-refractivity contribution >= 4 is 11.4 Å². The molecular formula is C15H24N2O2Ra. The summed E-state index contributed by atoms with van der Waals surface area (Å²) in [5.41, 5.74) is 5.28. The predicted octanol–water partition coefficient (Wildman–Crippen LogP) is 3.74. The maximum atomic E-state index is 11.3. The molecule has 1 aromatic rings. The normalized spacial score (nSPS) is 10.6. The van der Waals surface area contributed by atoms with Gasteiger partial charge >= 0.3 is 152 Å². The number of nitrogens with zero attached hydrogens (tertiary/aromatic N) is 2. The third kappa shape index (κ3) is 3.55. The van der Waals surface area contributed by atoms with Crippen molar-refractivity contribution in [2.75, 3.05) is 18.0 Å². The first-order chi connectivity index (χ1) is 9.36. The van der Waals surface area contributed by atoms with Gasteiger partial charge in [-0.25, -0.2) is 0 Å². The van der Waals surface area contributed by atoms with Gasteiger partial charge in [0.05, 0.1) is 0 Å². The molecule has 0 N–H and O–H groups in total. The minimum absolute atomic E-state index is 0.240. The van der Waals surface area contributed by atoms with Crippen molar-refractivity contribution in [1.29, 1.82) is 0 Å². The first kappa shape index (κ1) is 17.9. The average Bonchev–Trinajstić information content (AvgIpc) is 2.37. The number of anilines is 1. The van der Waals surface area contributed by atoms with E-state index in [1.165, 1.54) is 7.15 Å². The molecule has 0 fully saturated rings. The van der Waals surface area contributed by atoms with Crippen LogP contribution < -0.4 is 4.90 Å². The molecule has 0 saturated carbocycles. The van der Waals surface area contributed by atoms with Crippen LogP contribution >= 0.6 is 0 Å². The van der Waals surface area contributed by atoms with E-state index in [1.54, 1.807) is 0 Å². The number of nitro benzene ring substituents is 1. The van der Waals surface area contributed by atoms with Crippen LogP contribution in [-0.2, 0) is 0 Å². The van der Waals surface area contributed by atoms with Gasteiger partial charge in [0.1, 0.15) is 0 Å². The van der Waals surface area contributed by atoms with Crippen LogP contribution in [-0.4, -0.2) is 18.0 Å². The van der Waals surface area contributed by atoms with Crippen LogP contribution in [0.1, 0.15) is 35.6 Å². The summed E-state index contributed by atoms with van der Waals surface area (Å²) in [6.45, 7) is 12.1. The van der Waals surface area contributed by atoms with Crippen molar-refractivity contribution in [2.24, 2.45) is 0 Å². The van der Waals surface area contributed by atoms with Gasteiger partial charge in [0.15, 0.2) is 0 Å². The topological polar surface area (TPSA) is 46.4 Å². The molecule has 0 aliphatic rings. The van der Waals surface area contributed by atoms with Crippen LogP contribution in [0.5, 0.6) is 0 Å². The Morgan fingerprint density at radius 3 is 1.90 bits per heavy atom. The van der Waals surface area contributed by atoms with E-state index in [0.717, 1.165) is 41.8 Å². The van der Waals surface area contributed by atoms with Crippen LogP contribution in [0.4, 0.5) is 11.4 Å². The van der Waals surface area contributed by atoms with Crippen molar-refractivity contribution in [3.05, 3.63) is 32.4 Å². The molecule has 0 bridgehead atoms. The molecule has 1 rings (SSSR count). The van der Waals surface area contributed by atoms with E-state index in [4.69, 9.17) is 0 Å². The van der Waals surface area contributed by atoms with E-state index in [9.17, 15) is 10.1 Å². The van der Waals surface area contributed by atoms with E-state index in [2.05, 4.69) is 11.8 Å². The molecule has 1 aromatic carbocycles. The van der Waals surface area contributed by atoms with Crippen LogP contribution in [0.2, 0.25) is 1.46 Å². The molecular weight excluding hydrogens is 466 g/mol. The second kappa shape index (κ2) is 7.77. The van der Waals surface area contributed by atoms with Gasteiger partial charge in [0, 0.05) is 0 Å². The molecule has 4 nitrogen and oxygen atoms in total. The van der Waals surface area contributed by atoms with E-state index in [1.807, 2.05) is 27.7 Å². The monoisotopic (exact) mass is 490 g/mol. The van der Waals surface area contributed by atoms with Crippen LogP contribution in [0.15, 0.2) is 0 Å². The third-order valence-electron chi connectivity index (χ3n) is 4.03. The summed E-state index contributed by atoms with van der Waals surface area (Å²) in [7, 11) is 0. The summed E-state index contributed by atoms with van der Waals surface area (Å²) in [6.07, 6.45) is 1.10. The van der Waals surface area contributed by atoms with Gasteiger partial charge in [-0.1, -0.05) is 0 Å². The van der Waals surface area contributed by atoms with Gasteiger partial charge in [-0.05, 0) is 0 Å². The van der Waals surface area contributed by atoms with E-state index >= 15 is 0 Å². The molecule has 0 radical (unpaired) electrons. The van der Waals surface area contributed by atoms with Gasteiger partial charge in [0.25, 0.3) is 0 Å². The van der Waals surface area contributed by atoms with E-state index in [-0.39, 0.29) is 10.6 Å². The fourth-order valence-corrected chi connectivity index (χ4v) is 5.11. The standard InChI is InChI=1S/C15H23N2O2.Ra.H/c1-7-9-16(8-2)14-10(3)12(5)15(17(18)19)13(6)11(14)4;;/h2,7-9H2,1,3-6H3;;. The number of hydrogen-bond acceptors (Lipinski definition) is 3. The van der Waals surface area contributed by atoms with Gasteiger partial charge in [0.2, 0.25) is 0 Å². The summed E-state index contributed by atoms with van der Waals surface area (Å²) in [6, 6.07) is 0. The van der Waals surface area contributed by atoms with Crippen molar-refractivity contribution < 1.29 is 47.7 Å². The summed E-state index contributed by atoms with van der Waals surface area (Å²) < 4.78 is 1.31. The van der Waals surface area contributed by atoms with Crippen LogP contribution in [0, 0.1) is 80.6 Å². The number of nitro groups is 1. The average molecular weight is 490 g/mol. The number of rotatable bonds is 6. The first-order valence-corrected chi connectivity index (χ1v) is 13.2. The Morgan fingerprint density at radius 1 is 1.05 bits per heavy atom. The Labute approximate surface area is 150 Å². The Bertz CT molecular complexity index is 480. The van der Waals surface area contributed by atoms with Crippen molar-refractivity contribution in [3.63, 3.8) is 0 Å². The Balaban J connectivity index is 3.52. The van der Waals surface area contributed by atoms with Gasteiger partial charge in [-0.15, -0.1) is 0 Å². The first-order valence-electron chi connectivity index (χ1n) is 7.36. The molecule has 20 heavy (non-hydrogen) atoms.